The Bertz CT molecular complexity index is 1860. The Hall–Kier alpha value is -3.00. The average Bonchev–Trinajstić information content (AvgIpc) is 3.12. The number of fused-ring (bicyclic) bond motifs is 1. The normalized spacial score (nSPS) is 17.1. The monoisotopic (exact) mass is 797 g/mol. The third-order valence-electron chi connectivity index (χ3n) is 9.81. The van der Waals surface area contributed by atoms with Gasteiger partial charge in [-0.3, -0.25) is 14.9 Å². The van der Waals surface area contributed by atoms with Gasteiger partial charge in [0.25, 0.3) is 0 Å². The predicted molar refractivity (Wildman–Crippen MR) is 214 cm³/mol. The van der Waals surface area contributed by atoms with Gasteiger partial charge in [-0.2, -0.15) is 4.98 Å². The molecule has 1 unspecified atom stereocenters. The van der Waals surface area contributed by atoms with Crippen molar-refractivity contribution in [3.05, 3.63) is 52.9 Å². The molecule has 2 aliphatic rings. The van der Waals surface area contributed by atoms with Crippen LogP contribution in [-0.4, -0.2) is 119 Å². The lowest BCUT2D eigenvalue weighted by molar-refractivity contribution is 0.0851. The van der Waals surface area contributed by atoms with Crippen molar-refractivity contribution in [2.24, 2.45) is 0 Å². The summed E-state index contributed by atoms with van der Waals surface area (Å²) < 4.78 is 31.5. The van der Waals surface area contributed by atoms with Crippen LogP contribution in [0, 0.1) is 0 Å². The minimum absolute atomic E-state index is 0.397. The Morgan fingerprint density at radius 2 is 1.76 bits per heavy atom. The van der Waals surface area contributed by atoms with Gasteiger partial charge in [0.15, 0.2) is 0 Å². The van der Waals surface area contributed by atoms with Crippen LogP contribution < -0.4 is 25.6 Å². The summed E-state index contributed by atoms with van der Waals surface area (Å²) in [6, 6.07) is 8.63. The second-order valence-electron chi connectivity index (χ2n) is 13.6. The molecule has 0 radical (unpaired) electrons. The van der Waals surface area contributed by atoms with Crippen LogP contribution in [0.2, 0.25) is 0 Å². The molecule has 2 aromatic heterocycles. The number of ether oxygens (including phenoxy) is 1. The maximum Gasteiger partial charge on any atom is 0.229 e. The summed E-state index contributed by atoms with van der Waals surface area (Å²) in [5.74, 6) is 2.44. The first-order chi connectivity index (χ1) is 24.5. The number of nitrogens with zero attached hydrogens (tertiary/aromatic N) is 7. The van der Waals surface area contributed by atoms with E-state index in [1.165, 1.54) is 11.3 Å². The predicted octanol–water partition coefficient (Wildman–Crippen LogP) is 5.84. The molecule has 15 heteroatoms. The lowest BCUT2D eigenvalue weighted by atomic mass is 9.99. The van der Waals surface area contributed by atoms with E-state index in [-0.39, 0.29) is 0 Å². The van der Waals surface area contributed by atoms with E-state index in [2.05, 4.69) is 75.3 Å². The molecule has 2 fully saturated rings. The largest absolute Gasteiger partial charge is 0.617 e. The van der Waals surface area contributed by atoms with Gasteiger partial charge in [-0.25, -0.2) is 4.98 Å². The minimum Gasteiger partial charge on any atom is -0.617 e. The molecular formula is C36H49BrN9O3PS. The summed E-state index contributed by atoms with van der Waals surface area (Å²) in [5, 5.41) is 7.40. The minimum atomic E-state index is -2.75. The van der Waals surface area contributed by atoms with E-state index in [1.807, 2.05) is 12.1 Å². The molecule has 4 aromatic rings. The van der Waals surface area contributed by atoms with Crippen molar-refractivity contribution in [1.29, 1.82) is 0 Å². The maximum absolute atomic E-state index is 13.5. The molecule has 2 saturated heterocycles. The molecule has 0 saturated carbocycles. The van der Waals surface area contributed by atoms with Crippen molar-refractivity contribution in [2.75, 3.05) is 93.8 Å². The van der Waals surface area contributed by atoms with Gasteiger partial charge in [-0.1, -0.05) is 18.1 Å². The van der Waals surface area contributed by atoms with E-state index in [0.717, 1.165) is 88.7 Å². The van der Waals surface area contributed by atoms with Crippen LogP contribution in [0.1, 0.15) is 31.7 Å². The van der Waals surface area contributed by atoms with Crippen molar-refractivity contribution in [2.45, 2.75) is 38.6 Å². The highest BCUT2D eigenvalue weighted by molar-refractivity contribution is 9.10. The lowest BCUT2D eigenvalue weighted by Gasteiger charge is -2.43. The van der Waals surface area contributed by atoms with E-state index >= 15 is 0 Å². The number of aryl methyl sites for hydroxylation is 1. The number of aromatic nitrogens is 4. The zero-order chi connectivity index (χ0) is 36.1. The fraction of sp³-hybridized carbons (Fsp3) is 0.500. The van der Waals surface area contributed by atoms with E-state index in [0.29, 0.717) is 44.3 Å². The molecule has 4 heterocycles. The van der Waals surface area contributed by atoms with Gasteiger partial charge in [0.05, 0.1) is 40.0 Å². The maximum atomic E-state index is 13.5. The molecule has 0 bridgehead atoms. The summed E-state index contributed by atoms with van der Waals surface area (Å²) in [4.78, 5) is 26.0. The van der Waals surface area contributed by atoms with Crippen molar-refractivity contribution in [3.63, 3.8) is 0 Å². The fourth-order valence-electron chi connectivity index (χ4n) is 7.20. The molecule has 2 aliphatic heterocycles. The molecule has 2 N–H and O–H groups in total. The lowest BCUT2D eigenvalue weighted by Crippen LogP contribution is -2.53. The SMILES string of the molecule is CCc1cc(Nc2ncc(Br)c(Nc3ccc4nccnc4c3P(C)(C)=O)n2)c(OC)cc1N1CCC(N2CCN(CCC[S+](C)[O-])CC2)CC1. The van der Waals surface area contributed by atoms with Crippen LogP contribution in [0.5, 0.6) is 5.75 Å². The van der Waals surface area contributed by atoms with E-state index < -0.39 is 18.3 Å². The van der Waals surface area contributed by atoms with Crippen LogP contribution in [0.25, 0.3) is 11.0 Å². The van der Waals surface area contributed by atoms with Crippen LogP contribution in [0.3, 0.4) is 0 Å². The first-order valence-corrected chi connectivity index (χ1v) is 22.7. The summed E-state index contributed by atoms with van der Waals surface area (Å²) in [5.41, 5.74) is 5.19. The van der Waals surface area contributed by atoms with Crippen molar-refractivity contribution >= 4 is 79.4 Å². The van der Waals surface area contributed by atoms with Crippen LogP contribution in [0.15, 0.2) is 47.3 Å². The van der Waals surface area contributed by atoms with Gasteiger partial charge in [-0.05, 0) is 72.3 Å². The van der Waals surface area contributed by atoms with Crippen molar-refractivity contribution in [3.8, 4) is 5.75 Å². The number of nitrogens with one attached hydrogen (secondary N) is 2. The number of piperidine rings is 1. The highest BCUT2D eigenvalue weighted by Gasteiger charge is 2.29. The molecule has 12 nitrogen and oxygen atoms in total. The second kappa shape index (κ2) is 16.8. The number of anilines is 5. The third-order valence-corrected chi connectivity index (χ3v) is 12.8. The molecule has 0 aliphatic carbocycles. The van der Waals surface area contributed by atoms with Gasteiger partial charge in [0.2, 0.25) is 5.95 Å². The Morgan fingerprint density at radius 1 is 1.02 bits per heavy atom. The summed E-state index contributed by atoms with van der Waals surface area (Å²) in [7, 11) is -1.06. The smallest absolute Gasteiger partial charge is 0.229 e. The highest BCUT2D eigenvalue weighted by atomic mass is 79.9. The number of halogens is 1. The Labute approximate surface area is 312 Å². The topological polar surface area (TPSA) is 135 Å². The molecule has 0 amide bonds. The molecule has 1 atom stereocenters. The Kier molecular flexibility index (Phi) is 12.4. The van der Waals surface area contributed by atoms with E-state index in [9.17, 15) is 9.12 Å². The zero-order valence-electron chi connectivity index (χ0n) is 30.2. The molecular weight excluding hydrogens is 749 g/mol. The van der Waals surface area contributed by atoms with Crippen molar-refractivity contribution < 1.29 is 13.9 Å². The first-order valence-electron chi connectivity index (χ1n) is 17.6. The summed E-state index contributed by atoms with van der Waals surface area (Å²) in [6.45, 7) is 13.1. The zero-order valence-corrected chi connectivity index (χ0v) is 33.5. The standard InChI is InChI=1S/C36H49BrN9O3PS/c1-6-25-22-30(32(49-2)23-31(25)46-15-10-26(11-16-46)45-19-17-44(18-20-45)14-7-21-51(5)48)42-36-40-24-27(37)35(43-36)41-29-9-8-28-33(39-13-12-38-28)34(29)50(3,4)47/h8-9,12-13,22-24,26H,6-7,10-11,14-21H2,1-5H3,(H2,40,41,42,43). The van der Waals surface area contributed by atoms with E-state index in [1.54, 1.807) is 45.3 Å². The van der Waals surface area contributed by atoms with Gasteiger partial charge < -0.3 is 34.3 Å². The first kappa shape index (κ1) is 37.7. The Morgan fingerprint density at radius 3 is 2.45 bits per heavy atom. The summed E-state index contributed by atoms with van der Waals surface area (Å²) >= 11 is 2.89. The second-order valence-corrected chi connectivity index (χ2v) is 19.2. The van der Waals surface area contributed by atoms with Gasteiger partial charge in [0.1, 0.15) is 30.0 Å². The van der Waals surface area contributed by atoms with Gasteiger partial charge in [0, 0.05) is 88.6 Å². The Balaban J connectivity index is 1.14. The fourth-order valence-corrected chi connectivity index (χ4v) is 9.42. The molecule has 274 valence electrons. The van der Waals surface area contributed by atoms with Gasteiger partial charge in [-0.15, -0.1) is 0 Å². The molecule has 2 aromatic carbocycles. The van der Waals surface area contributed by atoms with E-state index in [4.69, 9.17) is 9.72 Å². The van der Waals surface area contributed by atoms with Crippen molar-refractivity contribution in [1.82, 2.24) is 29.7 Å². The average molecular weight is 799 g/mol. The summed E-state index contributed by atoms with van der Waals surface area (Å²) in [6.07, 6.45) is 10.9. The molecule has 0 spiro atoms. The number of methoxy groups -OCH3 is 1. The van der Waals surface area contributed by atoms with Gasteiger partial charge >= 0.3 is 0 Å². The third kappa shape index (κ3) is 9.15. The quantitative estimate of drug-likeness (QED) is 0.124. The van der Waals surface area contributed by atoms with Crippen LogP contribution in [0.4, 0.5) is 28.8 Å². The number of hydrogen-bond acceptors (Lipinski definition) is 12. The molecule has 6 rings (SSSR count). The van der Waals surface area contributed by atoms with Crippen LogP contribution >= 0.6 is 23.1 Å². The molecule has 51 heavy (non-hydrogen) atoms. The highest BCUT2D eigenvalue weighted by Crippen LogP contribution is 2.42. The number of rotatable bonds is 13. The number of benzene rings is 2. The number of piperazine rings is 1. The number of hydrogen-bond donors (Lipinski definition) is 2. The van der Waals surface area contributed by atoms with Crippen LogP contribution in [-0.2, 0) is 22.2 Å².